The molecule has 0 aliphatic heterocycles. The van der Waals surface area contributed by atoms with Gasteiger partial charge in [0.25, 0.3) is 0 Å². The fourth-order valence-electron chi connectivity index (χ4n) is 4.96. The Hall–Kier alpha value is -4.80. The summed E-state index contributed by atoms with van der Waals surface area (Å²) in [6.45, 7) is 6.66. The molecule has 0 aliphatic carbocycles. The van der Waals surface area contributed by atoms with Crippen molar-refractivity contribution in [1.82, 2.24) is 10.6 Å². The zero-order valence-electron chi connectivity index (χ0n) is 25.2. The van der Waals surface area contributed by atoms with Gasteiger partial charge in [-0.3, -0.25) is 19.2 Å². The number of amides is 4. The van der Waals surface area contributed by atoms with Crippen LogP contribution in [0.25, 0.3) is 32.7 Å². The molecular weight excluding hydrogens is 560 g/mol. The molecule has 0 bridgehead atoms. The number of benzene rings is 4. The molecule has 0 aromatic heterocycles. The summed E-state index contributed by atoms with van der Waals surface area (Å²) >= 11 is 0. The van der Waals surface area contributed by atoms with E-state index in [1.807, 2.05) is 88.4 Å². The van der Waals surface area contributed by atoms with E-state index >= 15 is 0 Å². The molecule has 10 heteroatoms. The van der Waals surface area contributed by atoms with Crippen LogP contribution in [0.15, 0.2) is 72.8 Å². The highest BCUT2D eigenvalue weighted by Crippen LogP contribution is 2.43. The van der Waals surface area contributed by atoms with Gasteiger partial charge in [-0.25, -0.2) is 0 Å². The third-order valence-corrected chi connectivity index (χ3v) is 7.65. The molecule has 0 unspecified atom stereocenters. The van der Waals surface area contributed by atoms with Gasteiger partial charge in [-0.05, 0) is 45.5 Å². The number of carbonyl (C=O) groups excluding carboxylic acids is 4. The lowest BCUT2D eigenvalue weighted by Crippen LogP contribution is -2.46. The zero-order valence-corrected chi connectivity index (χ0v) is 25.2. The van der Waals surface area contributed by atoms with Gasteiger partial charge in [0.1, 0.15) is 0 Å². The number of carbonyl (C=O) groups is 4. The van der Waals surface area contributed by atoms with Gasteiger partial charge in [0, 0.05) is 22.5 Å². The van der Waals surface area contributed by atoms with Crippen molar-refractivity contribution in [2.45, 2.75) is 39.8 Å². The van der Waals surface area contributed by atoms with Crippen molar-refractivity contribution >= 4 is 56.5 Å². The number of aliphatic hydroxyl groups is 2. The van der Waals surface area contributed by atoms with Crippen molar-refractivity contribution in [2.75, 3.05) is 23.8 Å². The van der Waals surface area contributed by atoms with E-state index in [2.05, 4.69) is 21.3 Å². The molecule has 4 aromatic rings. The highest BCUT2D eigenvalue weighted by molar-refractivity contribution is 6.41. The first-order chi connectivity index (χ1) is 21.0. The van der Waals surface area contributed by atoms with E-state index in [0.717, 1.165) is 21.5 Å². The predicted molar refractivity (Wildman–Crippen MR) is 172 cm³/mol. The van der Waals surface area contributed by atoms with Crippen molar-refractivity contribution in [1.29, 1.82) is 0 Å². The third kappa shape index (κ3) is 7.04. The summed E-state index contributed by atoms with van der Waals surface area (Å²) in [7, 11) is 0. The van der Waals surface area contributed by atoms with Crippen LogP contribution in [0.1, 0.15) is 27.7 Å². The van der Waals surface area contributed by atoms with Gasteiger partial charge < -0.3 is 31.5 Å². The van der Waals surface area contributed by atoms with E-state index in [1.165, 1.54) is 0 Å². The standard InChI is InChI=1S/C34H38N4O6/c1-19(2)27(17-39)37-33(43)31(41)35-25-15-13-21-9-5-7-11-23(21)29(25)30-24-12-8-6-10-22(24)14-16-26(30)36-32(42)34(44)38-28(18-40)20(3)4/h5-16,19-20,27-28,39-40H,17-18H2,1-4H3,(H,35,41)(H,36,42)(H,37,43)(H,38,44)/t27-,28-/m1/s1. The van der Waals surface area contributed by atoms with Gasteiger partial charge >= 0.3 is 23.6 Å². The third-order valence-electron chi connectivity index (χ3n) is 7.65. The molecule has 0 heterocycles. The maximum Gasteiger partial charge on any atom is 0.313 e. The number of rotatable bonds is 9. The molecule has 0 fully saturated rings. The van der Waals surface area contributed by atoms with Crippen molar-refractivity contribution in [3.8, 4) is 11.1 Å². The Morgan fingerprint density at radius 2 is 0.909 bits per heavy atom. The Balaban J connectivity index is 1.84. The number of hydrogen-bond donors (Lipinski definition) is 6. The van der Waals surface area contributed by atoms with Crippen LogP contribution in [0.5, 0.6) is 0 Å². The van der Waals surface area contributed by atoms with Crippen molar-refractivity contribution in [3.05, 3.63) is 72.8 Å². The smallest absolute Gasteiger partial charge is 0.313 e. The Morgan fingerprint density at radius 3 is 1.25 bits per heavy atom. The monoisotopic (exact) mass is 598 g/mol. The quantitative estimate of drug-likeness (QED) is 0.161. The van der Waals surface area contributed by atoms with Crippen molar-refractivity contribution in [2.24, 2.45) is 11.8 Å². The molecule has 2 atom stereocenters. The minimum Gasteiger partial charge on any atom is -0.394 e. The van der Waals surface area contributed by atoms with Gasteiger partial charge in [-0.2, -0.15) is 0 Å². The van der Waals surface area contributed by atoms with Crippen LogP contribution in [-0.2, 0) is 19.2 Å². The number of fused-ring (bicyclic) bond motifs is 2. The van der Waals surface area contributed by atoms with Gasteiger partial charge in [-0.15, -0.1) is 0 Å². The molecule has 10 nitrogen and oxygen atoms in total. The molecule has 44 heavy (non-hydrogen) atoms. The Morgan fingerprint density at radius 1 is 0.545 bits per heavy atom. The van der Waals surface area contributed by atoms with Crippen LogP contribution in [-0.4, -0.2) is 59.1 Å². The summed E-state index contributed by atoms with van der Waals surface area (Å²) in [5, 5.41) is 33.0. The lowest BCUT2D eigenvalue weighted by Gasteiger charge is -2.22. The first kappa shape index (κ1) is 32.1. The first-order valence-electron chi connectivity index (χ1n) is 14.5. The number of hydrogen-bond acceptors (Lipinski definition) is 6. The predicted octanol–water partition coefficient (Wildman–Crippen LogP) is 3.80. The maximum absolute atomic E-state index is 13.2. The summed E-state index contributed by atoms with van der Waals surface area (Å²) in [6, 6.07) is 20.8. The number of anilines is 2. The van der Waals surface area contributed by atoms with Crippen LogP contribution >= 0.6 is 0 Å². The second kappa shape index (κ2) is 14.1. The van der Waals surface area contributed by atoms with Gasteiger partial charge in [0.15, 0.2) is 0 Å². The SMILES string of the molecule is CC(C)[C@@H](CO)NC(=O)C(=O)Nc1ccc2ccccc2c1-c1c(NC(=O)C(=O)N[C@H](CO)C(C)C)ccc2ccccc12. The van der Waals surface area contributed by atoms with Gasteiger partial charge in [0.2, 0.25) is 0 Å². The molecule has 6 N–H and O–H groups in total. The van der Waals surface area contributed by atoms with E-state index in [-0.39, 0.29) is 25.0 Å². The molecule has 0 spiro atoms. The lowest BCUT2D eigenvalue weighted by atomic mass is 9.91. The van der Waals surface area contributed by atoms with Crippen LogP contribution in [0.4, 0.5) is 11.4 Å². The minimum atomic E-state index is -0.922. The summed E-state index contributed by atoms with van der Waals surface area (Å²) in [5.41, 5.74) is 1.69. The van der Waals surface area contributed by atoms with Gasteiger partial charge in [0.05, 0.1) is 25.3 Å². The molecule has 0 aliphatic rings. The van der Waals surface area contributed by atoms with E-state index < -0.39 is 35.7 Å². The van der Waals surface area contributed by atoms with Crippen molar-refractivity contribution < 1.29 is 29.4 Å². The lowest BCUT2D eigenvalue weighted by molar-refractivity contribution is -0.137. The molecule has 4 aromatic carbocycles. The molecule has 0 radical (unpaired) electrons. The highest BCUT2D eigenvalue weighted by atomic mass is 16.3. The minimum absolute atomic E-state index is 0.0970. The Labute approximate surface area is 255 Å². The van der Waals surface area contributed by atoms with Crippen LogP contribution in [0, 0.1) is 11.8 Å². The van der Waals surface area contributed by atoms with Crippen molar-refractivity contribution in [3.63, 3.8) is 0 Å². The van der Waals surface area contributed by atoms with Crippen LogP contribution < -0.4 is 21.3 Å². The molecular formula is C34H38N4O6. The Kier molecular flexibility index (Phi) is 10.3. The Bertz CT molecular complexity index is 1580. The van der Waals surface area contributed by atoms with E-state index in [4.69, 9.17) is 0 Å². The summed E-state index contributed by atoms with van der Waals surface area (Å²) in [5.74, 6) is -3.84. The fourth-order valence-corrected chi connectivity index (χ4v) is 4.96. The molecule has 230 valence electrons. The number of aliphatic hydroxyl groups excluding tert-OH is 2. The fraction of sp³-hybridized carbons (Fsp3) is 0.294. The average molecular weight is 599 g/mol. The van der Waals surface area contributed by atoms with E-state index in [9.17, 15) is 29.4 Å². The molecule has 4 rings (SSSR count). The highest BCUT2D eigenvalue weighted by Gasteiger charge is 2.26. The average Bonchev–Trinajstić information content (AvgIpc) is 3.01. The van der Waals surface area contributed by atoms with E-state index in [0.29, 0.717) is 22.5 Å². The second-order valence-corrected chi connectivity index (χ2v) is 11.3. The maximum atomic E-state index is 13.2. The molecule has 0 saturated heterocycles. The summed E-state index contributed by atoms with van der Waals surface area (Å²) in [6.07, 6.45) is 0. The van der Waals surface area contributed by atoms with Crippen LogP contribution in [0.3, 0.4) is 0 Å². The normalized spacial score (nSPS) is 12.6. The van der Waals surface area contributed by atoms with Gasteiger partial charge in [-0.1, -0.05) is 88.4 Å². The number of nitrogens with one attached hydrogen (secondary N) is 4. The largest absolute Gasteiger partial charge is 0.394 e. The summed E-state index contributed by atoms with van der Waals surface area (Å²) in [4.78, 5) is 52.0. The summed E-state index contributed by atoms with van der Waals surface area (Å²) < 4.78 is 0. The molecule has 0 saturated carbocycles. The topological polar surface area (TPSA) is 157 Å². The second-order valence-electron chi connectivity index (χ2n) is 11.3. The first-order valence-corrected chi connectivity index (χ1v) is 14.5. The zero-order chi connectivity index (χ0) is 32.0. The van der Waals surface area contributed by atoms with E-state index in [1.54, 1.807) is 12.1 Å². The van der Waals surface area contributed by atoms with Crippen LogP contribution in [0.2, 0.25) is 0 Å². The molecule has 4 amide bonds.